The fourth-order valence-corrected chi connectivity index (χ4v) is 6.22. The van der Waals surface area contributed by atoms with Crippen LogP contribution >= 0.6 is 0 Å². The molecule has 0 amide bonds. The monoisotopic (exact) mass is 414 g/mol. The first-order valence-electron chi connectivity index (χ1n) is 9.25. The molecule has 0 heterocycles. The van der Waals surface area contributed by atoms with E-state index in [4.69, 9.17) is 0 Å². The van der Waals surface area contributed by atoms with Gasteiger partial charge in [-0.15, -0.1) is 0 Å². The molecule has 0 aliphatic rings. The summed E-state index contributed by atoms with van der Waals surface area (Å²) in [6, 6.07) is 0. The van der Waals surface area contributed by atoms with Gasteiger partial charge >= 0.3 is 0 Å². The molecule has 0 rings (SSSR count). The number of unbranched alkanes of at least 4 members (excludes halogenated alkanes) is 2. The summed E-state index contributed by atoms with van der Waals surface area (Å²) in [7, 11) is -7.33. The van der Waals surface area contributed by atoms with Crippen molar-refractivity contribution >= 4 is 31.4 Å². The molecule has 0 aliphatic carbocycles. The van der Waals surface area contributed by atoms with Crippen molar-refractivity contribution in [3.8, 4) is 0 Å². The van der Waals surface area contributed by atoms with Crippen molar-refractivity contribution in [2.75, 3.05) is 11.5 Å². The number of sulfonamides is 2. The van der Waals surface area contributed by atoms with Gasteiger partial charge in [-0.05, 0) is 24.7 Å². The van der Waals surface area contributed by atoms with Crippen molar-refractivity contribution in [3.63, 3.8) is 0 Å². The fourth-order valence-electron chi connectivity index (χ4n) is 2.57. The third-order valence-corrected chi connectivity index (χ3v) is 8.41. The maximum atomic E-state index is 12.0. The van der Waals surface area contributed by atoms with E-state index in [1.807, 2.05) is 13.8 Å². The second-order valence-electron chi connectivity index (χ2n) is 6.56. The molecule has 0 fully saturated rings. The molecule has 25 heavy (non-hydrogen) atoms. The van der Waals surface area contributed by atoms with Crippen LogP contribution in [0.1, 0.15) is 79.1 Å². The quantitative estimate of drug-likeness (QED) is 0.417. The highest BCUT2D eigenvalue weighted by atomic mass is 32.3. The van der Waals surface area contributed by atoms with E-state index < -0.39 is 20.0 Å². The molecule has 0 aromatic rings. The van der Waals surface area contributed by atoms with Crippen molar-refractivity contribution in [1.29, 1.82) is 0 Å². The number of rotatable bonds is 14. The Labute approximate surface area is 158 Å². The zero-order chi connectivity index (χ0) is 19.3. The maximum Gasteiger partial charge on any atom is 0.264 e. The minimum atomic E-state index is -3.66. The van der Waals surface area contributed by atoms with Gasteiger partial charge in [0.05, 0.1) is 22.9 Å². The van der Waals surface area contributed by atoms with E-state index in [-0.39, 0.29) is 23.3 Å². The van der Waals surface area contributed by atoms with Gasteiger partial charge in [0.25, 0.3) is 20.0 Å². The third kappa shape index (κ3) is 12.7. The van der Waals surface area contributed by atoms with Gasteiger partial charge in [0.15, 0.2) is 0 Å². The number of nitrogens with zero attached hydrogens (tertiary/aromatic N) is 2. The van der Waals surface area contributed by atoms with Gasteiger partial charge < -0.3 is 0 Å². The standard InChI is InChI=1S/C16H34N2O4S3/c1-5-9-11-15(7-3)13-24(19,20)17-23-18-25(21,22)14-16(8-4)12-10-6-2/h15-16H,5-14H2,1-4H3. The average molecular weight is 415 g/mol. The first kappa shape index (κ1) is 24.7. The van der Waals surface area contributed by atoms with Crippen molar-refractivity contribution < 1.29 is 16.8 Å². The molecule has 0 saturated heterocycles. The van der Waals surface area contributed by atoms with Crippen LogP contribution in [0.25, 0.3) is 0 Å². The summed E-state index contributed by atoms with van der Waals surface area (Å²) in [5, 5.41) is 0. The zero-order valence-electron chi connectivity index (χ0n) is 16.0. The first-order valence-corrected chi connectivity index (χ1v) is 13.2. The molecule has 0 aromatic heterocycles. The van der Waals surface area contributed by atoms with E-state index in [1.54, 1.807) is 0 Å². The second-order valence-corrected chi connectivity index (χ2v) is 10.9. The van der Waals surface area contributed by atoms with Gasteiger partial charge in [0.1, 0.15) is 0 Å². The lowest BCUT2D eigenvalue weighted by atomic mass is 10.0. The molecule has 0 aliphatic heterocycles. The van der Waals surface area contributed by atoms with E-state index in [2.05, 4.69) is 21.4 Å². The number of hydrogen-bond donors (Lipinski definition) is 0. The number of hydrogen-bond acceptors (Lipinski definition) is 4. The van der Waals surface area contributed by atoms with Crippen molar-refractivity contribution in [2.24, 2.45) is 19.4 Å². The molecular weight excluding hydrogens is 380 g/mol. The molecule has 150 valence electrons. The molecular formula is C16H34N2O4S3. The lowest BCUT2D eigenvalue weighted by Crippen LogP contribution is -2.14. The molecule has 2 unspecified atom stereocenters. The van der Waals surface area contributed by atoms with Crippen LogP contribution in [0, 0.1) is 11.8 Å². The van der Waals surface area contributed by atoms with Crippen LogP contribution in [-0.2, 0) is 31.4 Å². The minimum Gasteiger partial charge on any atom is -0.204 e. The maximum absolute atomic E-state index is 12.0. The Morgan fingerprint density at radius 2 is 1.08 bits per heavy atom. The lowest BCUT2D eigenvalue weighted by molar-refractivity contribution is 0.484. The fraction of sp³-hybridized carbons (Fsp3) is 1.00. The Balaban J connectivity index is 4.89. The molecule has 0 bridgehead atoms. The molecule has 0 saturated carbocycles. The van der Waals surface area contributed by atoms with E-state index in [1.165, 1.54) is 0 Å². The Morgan fingerprint density at radius 3 is 1.36 bits per heavy atom. The summed E-state index contributed by atoms with van der Waals surface area (Å²) < 4.78 is 55.1. The van der Waals surface area contributed by atoms with E-state index >= 15 is 0 Å². The third-order valence-electron chi connectivity index (χ3n) is 4.27. The Bertz CT molecular complexity index is 572. The average Bonchev–Trinajstić information content (AvgIpc) is 2.54. The van der Waals surface area contributed by atoms with Crippen LogP contribution in [0.2, 0.25) is 0 Å². The van der Waals surface area contributed by atoms with Gasteiger partial charge in [-0.2, -0.15) is 0 Å². The smallest absolute Gasteiger partial charge is 0.204 e. The molecule has 0 spiro atoms. The summed E-state index contributed by atoms with van der Waals surface area (Å²) >= 11 is 0.294. The van der Waals surface area contributed by atoms with Gasteiger partial charge in [-0.1, -0.05) is 73.8 Å². The summed E-state index contributed by atoms with van der Waals surface area (Å²) in [5.74, 6) is 0.0363. The minimum absolute atomic E-state index is 0.0415. The van der Waals surface area contributed by atoms with Crippen molar-refractivity contribution in [1.82, 2.24) is 0 Å². The topological polar surface area (TPSA) is 93.0 Å². The Morgan fingerprint density at radius 1 is 0.720 bits per heavy atom. The highest BCUT2D eigenvalue weighted by Crippen LogP contribution is 2.17. The summed E-state index contributed by atoms with van der Waals surface area (Å²) in [5.41, 5.74) is 0. The van der Waals surface area contributed by atoms with E-state index in [0.717, 1.165) is 51.4 Å². The molecule has 2 atom stereocenters. The zero-order valence-corrected chi connectivity index (χ0v) is 18.4. The summed E-state index contributed by atoms with van der Waals surface area (Å²) in [6.07, 6.45) is 7.23. The van der Waals surface area contributed by atoms with Crippen molar-refractivity contribution in [3.05, 3.63) is 0 Å². The molecule has 0 N–H and O–H groups in total. The van der Waals surface area contributed by atoms with Crippen LogP contribution in [0.15, 0.2) is 7.54 Å². The molecule has 0 aromatic carbocycles. The Hall–Kier alpha value is -0.280. The predicted molar refractivity (Wildman–Crippen MR) is 106 cm³/mol. The van der Waals surface area contributed by atoms with Crippen LogP contribution in [-0.4, -0.2) is 28.3 Å². The summed E-state index contributed by atoms with van der Waals surface area (Å²) in [6.45, 7) is 8.04. The second kappa shape index (κ2) is 13.0. The largest absolute Gasteiger partial charge is 0.264 e. The predicted octanol–water partition coefficient (Wildman–Crippen LogP) is 4.53. The van der Waals surface area contributed by atoms with Crippen LogP contribution in [0.5, 0.6) is 0 Å². The van der Waals surface area contributed by atoms with Gasteiger partial charge in [0, 0.05) is 0 Å². The van der Waals surface area contributed by atoms with Crippen LogP contribution < -0.4 is 0 Å². The summed E-state index contributed by atoms with van der Waals surface area (Å²) in [4.78, 5) is 0. The normalized spacial score (nSPS) is 14.7. The van der Waals surface area contributed by atoms with E-state index in [0.29, 0.717) is 11.4 Å². The first-order chi connectivity index (χ1) is 11.7. The SMILES string of the molecule is CCCCC(CC)CS(=O)(=O)N=S=NS(=O)(=O)CC(CC)CCCC. The van der Waals surface area contributed by atoms with E-state index in [9.17, 15) is 16.8 Å². The lowest BCUT2D eigenvalue weighted by Gasteiger charge is -2.12. The Kier molecular flexibility index (Phi) is 12.8. The molecule has 6 nitrogen and oxygen atoms in total. The highest BCUT2D eigenvalue weighted by molar-refractivity contribution is 7.97. The van der Waals surface area contributed by atoms with Gasteiger partial charge in [-0.25, -0.2) is 16.8 Å². The van der Waals surface area contributed by atoms with Crippen LogP contribution in [0.4, 0.5) is 0 Å². The highest BCUT2D eigenvalue weighted by Gasteiger charge is 2.18. The van der Waals surface area contributed by atoms with Crippen LogP contribution in [0.3, 0.4) is 0 Å². The van der Waals surface area contributed by atoms with Gasteiger partial charge in [-0.3, -0.25) is 0 Å². The van der Waals surface area contributed by atoms with Gasteiger partial charge in [0.2, 0.25) is 0 Å². The molecule has 0 radical (unpaired) electrons. The molecule has 9 heteroatoms. The van der Waals surface area contributed by atoms with Crippen molar-refractivity contribution in [2.45, 2.75) is 79.1 Å².